The van der Waals surface area contributed by atoms with Crippen LogP contribution >= 0.6 is 0 Å². The zero-order valence-corrected chi connectivity index (χ0v) is 17.9. The first-order chi connectivity index (χ1) is 14.1. The van der Waals surface area contributed by atoms with Gasteiger partial charge in [0.05, 0.1) is 14.2 Å². The monoisotopic (exact) mass is 418 g/mol. The molecule has 0 aliphatic heterocycles. The molecule has 0 unspecified atom stereocenters. The summed E-state index contributed by atoms with van der Waals surface area (Å²) in [6.07, 6.45) is 0.302. The van der Waals surface area contributed by atoms with Gasteiger partial charge >= 0.3 is 5.97 Å². The van der Waals surface area contributed by atoms with Crippen molar-refractivity contribution in [3.05, 3.63) is 53.3 Å². The zero-order valence-electron chi connectivity index (χ0n) is 17.9. The second-order valence-corrected chi connectivity index (χ2v) is 7.60. The first-order valence-electron chi connectivity index (χ1n) is 9.52. The Morgan fingerprint density at radius 1 is 1.03 bits per heavy atom. The molecule has 0 bridgehead atoms. The smallest absolute Gasteiger partial charge is 0.344 e. The fourth-order valence-electron chi connectivity index (χ4n) is 2.79. The summed E-state index contributed by atoms with van der Waals surface area (Å²) >= 11 is 0. The van der Waals surface area contributed by atoms with Crippen molar-refractivity contribution < 1.29 is 32.9 Å². The number of benzene rings is 2. The van der Waals surface area contributed by atoms with E-state index in [1.165, 1.54) is 14.2 Å². The zero-order chi connectivity index (χ0) is 22.3. The molecule has 2 aromatic carbocycles. The molecule has 0 atom stereocenters. The van der Waals surface area contributed by atoms with Crippen LogP contribution in [0.4, 0.5) is 4.39 Å². The van der Waals surface area contributed by atoms with E-state index in [-0.39, 0.29) is 31.0 Å². The molecule has 0 fully saturated rings. The molecule has 0 N–H and O–H groups in total. The number of hydrogen-bond acceptors (Lipinski definition) is 6. The van der Waals surface area contributed by atoms with Crippen molar-refractivity contribution in [2.75, 3.05) is 20.8 Å². The van der Waals surface area contributed by atoms with Crippen LogP contribution in [0.5, 0.6) is 17.2 Å². The van der Waals surface area contributed by atoms with Gasteiger partial charge in [-0.25, -0.2) is 9.18 Å². The lowest BCUT2D eigenvalue weighted by Gasteiger charge is -2.19. The lowest BCUT2D eigenvalue weighted by Crippen LogP contribution is -2.27. The van der Waals surface area contributed by atoms with Gasteiger partial charge in [-0.3, -0.25) is 4.79 Å². The second-order valence-electron chi connectivity index (χ2n) is 7.60. The molecule has 0 saturated heterocycles. The van der Waals surface area contributed by atoms with Gasteiger partial charge in [-0.2, -0.15) is 0 Å². The van der Waals surface area contributed by atoms with E-state index in [2.05, 4.69) is 0 Å². The molecule has 0 radical (unpaired) electrons. The Labute approximate surface area is 175 Å². The highest BCUT2D eigenvalue weighted by Gasteiger charge is 2.18. The molecule has 2 rings (SSSR count). The summed E-state index contributed by atoms with van der Waals surface area (Å²) in [6.45, 7) is 5.05. The number of carbonyl (C=O) groups is 2. The Bertz CT molecular complexity index is 901. The van der Waals surface area contributed by atoms with Crippen LogP contribution in [0.3, 0.4) is 0 Å². The van der Waals surface area contributed by atoms with E-state index in [0.29, 0.717) is 22.6 Å². The highest BCUT2D eigenvalue weighted by Crippen LogP contribution is 2.32. The number of ketones is 1. The number of methoxy groups -OCH3 is 2. The Morgan fingerprint density at radius 3 is 2.40 bits per heavy atom. The third-order valence-corrected chi connectivity index (χ3v) is 4.12. The minimum absolute atomic E-state index is 0.0139. The Balaban J connectivity index is 2.00. The highest BCUT2D eigenvalue weighted by molar-refractivity contribution is 5.96. The molecule has 6 nitrogen and oxygen atoms in total. The van der Waals surface area contributed by atoms with Gasteiger partial charge in [-0.1, -0.05) is 18.2 Å². The third kappa shape index (κ3) is 6.47. The Kier molecular flexibility index (Phi) is 7.80. The van der Waals surface area contributed by atoms with Gasteiger partial charge in [0.2, 0.25) is 0 Å². The highest BCUT2D eigenvalue weighted by atomic mass is 19.1. The molecule has 0 aliphatic carbocycles. The van der Waals surface area contributed by atoms with Crippen LogP contribution < -0.4 is 14.2 Å². The Hall–Kier alpha value is -3.09. The molecule has 0 aromatic heterocycles. The topological polar surface area (TPSA) is 71.1 Å². The van der Waals surface area contributed by atoms with Crippen LogP contribution in [0.15, 0.2) is 36.4 Å². The number of hydrogen-bond donors (Lipinski definition) is 0. The summed E-state index contributed by atoms with van der Waals surface area (Å²) in [5, 5.41) is 0. The van der Waals surface area contributed by atoms with E-state index in [1.807, 2.05) is 0 Å². The molecule has 2 aromatic rings. The van der Waals surface area contributed by atoms with E-state index < -0.39 is 17.4 Å². The second kappa shape index (κ2) is 10.1. The fraction of sp³-hybridized carbons (Fsp3) is 0.391. The summed E-state index contributed by atoms with van der Waals surface area (Å²) in [5.41, 5.74) is 0.174. The maximum atomic E-state index is 14.6. The van der Waals surface area contributed by atoms with Gasteiger partial charge < -0.3 is 18.9 Å². The number of aryl methyl sites for hydroxylation is 1. The maximum absolute atomic E-state index is 14.6. The van der Waals surface area contributed by atoms with E-state index in [9.17, 15) is 14.0 Å². The molecule has 0 aliphatic rings. The lowest BCUT2D eigenvalue weighted by molar-refractivity contribution is -0.157. The molecule has 0 amide bonds. The average Bonchev–Trinajstić information content (AvgIpc) is 2.69. The maximum Gasteiger partial charge on any atom is 0.344 e. The quantitative estimate of drug-likeness (QED) is 0.445. The van der Waals surface area contributed by atoms with E-state index in [1.54, 1.807) is 57.2 Å². The molecule has 0 spiro atoms. The van der Waals surface area contributed by atoms with Gasteiger partial charge in [-0.15, -0.1) is 0 Å². The van der Waals surface area contributed by atoms with Crippen molar-refractivity contribution in [3.8, 4) is 17.2 Å². The van der Waals surface area contributed by atoms with Crippen molar-refractivity contribution in [2.24, 2.45) is 0 Å². The number of ether oxygens (including phenoxy) is 4. The van der Waals surface area contributed by atoms with Crippen LogP contribution in [-0.4, -0.2) is 38.2 Å². The normalized spacial score (nSPS) is 11.0. The molecular weight excluding hydrogens is 391 g/mol. The van der Waals surface area contributed by atoms with Crippen molar-refractivity contribution in [3.63, 3.8) is 0 Å². The number of Topliss-reactive ketones (excluding diaryl/α,β-unsaturated/α-hetero) is 1. The van der Waals surface area contributed by atoms with Crippen LogP contribution in [0, 0.1) is 5.82 Å². The molecule has 0 saturated carbocycles. The summed E-state index contributed by atoms with van der Waals surface area (Å²) in [5.74, 6) is -0.530. The predicted molar refractivity (Wildman–Crippen MR) is 110 cm³/mol. The molecule has 7 heteroatoms. The Morgan fingerprint density at radius 2 is 1.77 bits per heavy atom. The van der Waals surface area contributed by atoms with Crippen molar-refractivity contribution in [2.45, 2.75) is 39.2 Å². The van der Waals surface area contributed by atoms with Gasteiger partial charge in [0.25, 0.3) is 0 Å². The summed E-state index contributed by atoms with van der Waals surface area (Å²) in [7, 11) is 2.79. The predicted octanol–water partition coefficient (Wildman–Crippen LogP) is 4.38. The summed E-state index contributed by atoms with van der Waals surface area (Å²) in [4.78, 5) is 24.3. The molecule has 30 heavy (non-hydrogen) atoms. The number of halogens is 1. The van der Waals surface area contributed by atoms with Gasteiger partial charge in [0, 0.05) is 12.0 Å². The number of rotatable bonds is 9. The first-order valence-corrected chi connectivity index (χ1v) is 9.52. The van der Waals surface area contributed by atoms with Gasteiger partial charge in [0.15, 0.2) is 29.7 Å². The third-order valence-electron chi connectivity index (χ3n) is 4.12. The van der Waals surface area contributed by atoms with Crippen molar-refractivity contribution in [1.82, 2.24) is 0 Å². The SMILES string of the molecule is COc1ccc(CCC(=O)c2cccc(OCC(=O)OC(C)(C)C)c2)c(F)c1OC. The largest absolute Gasteiger partial charge is 0.493 e. The van der Waals surface area contributed by atoms with Crippen molar-refractivity contribution in [1.29, 1.82) is 0 Å². The standard InChI is InChI=1S/C23H27FO6/c1-23(2,3)30-20(26)14-29-17-8-6-7-16(13-17)18(25)11-9-15-10-12-19(27-4)22(28-5)21(15)24/h6-8,10,12-13H,9,11,14H2,1-5H3. The summed E-state index contributed by atoms with van der Waals surface area (Å²) < 4.78 is 35.3. The fourth-order valence-corrected chi connectivity index (χ4v) is 2.79. The average molecular weight is 418 g/mol. The number of esters is 1. The lowest BCUT2D eigenvalue weighted by atomic mass is 10.0. The van der Waals surface area contributed by atoms with Crippen LogP contribution in [-0.2, 0) is 16.0 Å². The van der Waals surface area contributed by atoms with E-state index in [4.69, 9.17) is 18.9 Å². The van der Waals surface area contributed by atoms with Crippen LogP contribution in [0.25, 0.3) is 0 Å². The van der Waals surface area contributed by atoms with Crippen LogP contribution in [0.2, 0.25) is 0 Å². The minimum atomic E-state index is -0.600. The van der Waals surface area contributed by atoms with E-state index in [0.717, 1.165) is 0 Å². The number of carbonyl (C=O) groups excluding carboxylic acids is 2. The summed E-state index contributed by atoms with van der Waals surface area (Å²) in [6, 6.07) is 9.69. The van der Waals surface area contributed by atoms with Crippen molar-refractivity contribution >= 4 is 11.8 Å². The molecular formula is C23H27FO6. The van der Waals surface area contributed by atoms with Crippen LogP contribution in [0.1, 0.15) is 43.1 Å². The first kappa shape index (κ1) is 23.2. The van der Waals surface area contributed by atoms with Gasteiger partial charge in [0.1, 0.15) is 11.4 Å². The minimum Gasteiger partial charge on any atom is -0.493 e. The van der Waals surface area contributed by atoms with Gasteiger partial charge in [-0.05, 0) is 51.0 Å². The van der Waals surface area contributed by atoms with E-state index >= 15 is 0 Å². The molecule has 162 valence electrons. The molecule has 0 heterocycles.